The van der Waals surface area contributed by atoms with Crippen molar-refractivity contribution in [2.75, 3.05) is 31.9 Å². The van der Waals surface area contributed by atoms with Crippen molar-refractivity contribution < 1.29 is 9.53 Å². The van der Waals surface area contributed by atoms with Gasteiger partial charge in [0.15, 0.2) is 0 Å². The summed E-state index contributed by atoms with van der Waals surface area (Å²) in [6, 6.07) is 15.7. The Morgan fingerprint density at radius 3 is 2.69 bits per heavy atom. The number of aromatic nitrogens is 1. The fourth-order valence-corrected chi connectivity index (χ4v) is 3.73. The van der Waals surface area contributed by atoms with Gasteiger partial charge in [-0.1, -0.05) is 24.3 Å². The van der Waals surface area contributed by atoms with E-state index in [0.717, 1.165) is 38.5 Å². The number of hydrogen-bond donors (Lipinski definition) is 1. The van der Waals surface area contributed by atoms with Crippen molar-refractivity contribution in [1.82, 2.24) is 10.4 Å². The highest BCUT2D eigenvalue weighted by Gasteiger charge is 2.10. The SMILES string of the molecule is COc1cccc2c(SCC(=O)N/N=C/c3ccc(N(C)C)cc3)cc(C)nc12. The molecule has 150 valence electrons. The molecule has 0 unspecified atom stereocenters. The highest BCUT2D eigenvalue weighted by Crippen LogP contribution is 2.32. The van der Waals surface area contributed by atoms with Crippen molar-refractivity contribution in [2.24, 2.45) is 5.10 Å². The molecule has 1 heterocycles. The predicted molar refractivity (Wildman–Crippen MR) is 120 cm³/mol. The van der Waals surface area contributed by atoms with Gasteiger partial charge < -0.3 is 9.64 Å². The molecule has 0 aliphatic carbocycles. The molecule has 0 fully saturated rings. The molecule has 1 amide bonds. The Morgan fingerprint density at radius 1 is 1.24 bits per heavy atom. The largest absolute Gasteiger partial charge is 0.494 e. The normalized spacial score (nSPS) is 11.0. The van der Waals surface area contributed by atoms with E-state index in [1.165, 1.54) is 11.8 Å². The number of benzene rings is 2. The molecule has 0 bridgehead atoms. The van der Waals surface area contributed by atoms with Crippen LogP contribution in [-0.2, 0) is 4.79 Å². The number of aryl methyl sites for hydroxylation is 1. The molecular weight excluding hydrogens is 384 g/mol. The maximum Gasteiger partial charge on any atom is 0.250 e. The Balaban J connectivity index is 1.62. The van der Waals surface area contributed by atoms with Gasteiger partial charge in [-0.3, -0.25) is 4.79 Å². The van der Waals surface area contributed by atoms with Gasteiger partial charge in [-0.05, 0) is 36.8 Å². The zero-order chi connectivity index (χ0) is 20.8. The van der Waals surface area contributed by atoms with Crippen LogP contribution in [0, 0.1) is 6.92 Å². The molecule has 3 rings (SSSR count). The van der Waals surface area contributed by atoms with Crippen LogP contribution in [-0.4, -0.2) is 44.1 Å². The summed E-state index contributed by atoms with van der Waals surface area (Å²) in [7, 11) is 5.61. The molecule has 0 saturated carbocycles. The van der Waals surface area contributed by atoms with Crippen LogP contribution >= 0.6 is 11.8 Å². The minimum absolute atomic E-state index is 0.165. The second-order valence-electron chi connectivity index (χ2n) is 6.69. The fourth-order valence-electron chi connectivity index (χ4n) is 2.81. The molecule has 0 atom stereocenters. The molecule has 0 aliphatic heterocycles. The molecule has 0 saturated heterocycles. The average Bonchev–Trinajstić information content (AvgIpc) is 2.72. The molecule has 7 heteroatoms. The standard InChI is InChI=1S/C22H24N4O2S/c1-15-12-20(18-6-5-7-19(28-4)22(18)24-15)29-14-21(27)25-23-13-16-8-10-17(11-9-16)26(2)3/h5-13H,14H2,1-4H3,(H,25,27)/b23-13+. The number of carbonyl (C=O) groups is 1. The van der Waals surface area contributed by atoms with Crippen LogP contribution in [0.3, 0.4) is 0 Å². The molecule has 0 aliphatic rings. The molecule has 2 aromatic carbocycles. The Labute approximate surface area is 175 Å². The van der Waals surface area contributed by atoms with E-state index in [1.54, 1.807) is 13.3 Å². The summed E-state index contributed by atoms with van der Waals surface area (Å²) in [5.41, 5.74) is 6.30. The number of para-hydroxylation sites is 1. The van der Waals surface area contributed by atoms with Gasteiger partial charge in [0.05, 0.1) is 19.1 Å². The zero-order valence-corrected chi connectivity index (χ0v) is 17.8. The van der Waals surface area contributed by atoms with Crippen LogP contribution in [0.25, 0.3) is 10.9 Å². The van der Waals surface area contributed by atoms with Crippen molar-refractivity contribution in [2.45, 2.75) is 11.8 Å². The Bertz CT molecular complexity index is 1030. The summed E-state index contributed by atoms with van der Waals surface area (Å²) in [6.07, 6.45) is 1.64. The number of hydrogen-bond acceptors (Lipinski definition) is 6. The number of hydrazone groups is 1. The Kier molecular flexibility index (Phi) is 6.72. The summed E-state index contributed by atoms with van der Waals surface area (Å²) < 4.78 is 5.41. The number of carbonyl (C=O) groups excluding carboxylic acids is 1. The maximum atomic E-state index is 12.2. The number of fused-ring (bicyclic) bond motifs is 1. The molecule has 0 spiro atoms. The first kappa shape index (κ1) is 20.7. The quantitative estimate of drug-likeness (QED) is 0.365. The van der Waals surface area contributed by atoms with Gasteiger partial charge in [0, 0.05) is 35.8 Å². The van der Waals surface area contributed by atoms with Crippen LogP contribution in [0.5, 0.6) is 5.75 Å². The van der Waals surface area contributed by atoms with E-state index in [1.807, 2.05) is 74.4 Å². The van der Waals surface area contributed by atoms with Gasteiger partial charge in [0.2, 0.25) is 5.91 Å². The van der Waals surface area contributed by atoms with Crippen LogP contribution in [0.15, 0.2) is 58.5 Å². The number of thioether (sulfide) groups is 1. The molecule has 29 heavy (non-hydrogen) atoms. The van der Waals surface area contributed by atoms with E-state index in [2.05, 4.69) is 15.5 Å². The maximum absolute atomic E-state index is 12.2. The van der Waals surface area contributed by atoms with E-state index < -0.39 is 0 Å². The summed E-state index contributed by atoms with van der Waals surface area (Å²) >= 11 is 1.46. The zero-order valence-electron chi connectivity index (χ0n) is 17.0. The lowest BCUT2D eigenvalue weighted by Crippen LogP contribution is -2.19. The smallest absolute Gasteiger partial charge is 0.250 e. The van der Waals surface area contributed by atoms with Crippen molar-refractivity contribution in [1.29, 1.82) is 0 Å². The van der Waals surface area contributed by atoms with Crippen LogP contribution in [0.4, 0.5) is 5.69 Å². The molecule has 1 N–H and O–H groups in total. The first-order valence-electron chi connectivity index (χ1n) is 9.14. The van der Waals surface area contributed by atoms with Crippen molar-refractivity contribution in [3.8, 4) is 5.75 Å². The van der Waals surface area contributed by atoms with E-state index >= 15 is 0 Å². The van der Waals surface area contributed by atoms with Crippen molar-refractivity contribution in [3.05, 3.63) is 59.8 Å². The van der Waals surface area contributed by atoms with Crippen molar-refractivity contribution >= 4 is 40.5 Å². The highest BCUT2D eigenvalue weighted by atomic mass is 32.2. The monoisotopic (exact) mass is 408 g/mol. The Morgan fingerprint density at radius 2 is 2.00 bits per heavy atom. The molecule has 3 aromatic rings. The number of nitrogens with one attached hydrogen (secondary N) is 1. The lowest BCUT2D eigenvalue weighted by atomic mass is 10.2. The molecule has 0 radical (unpaired) electrons. The lowest BCUT2D eigenvalue weighted by Gasteiger charge is -2.11. The topological polar surface area (TPSA) is 66.8 Å². The van der Waals surface area contributed by atoms with E-state index in [0.29, 0.717) is 0 Å². The van der Waals surface area contributed by atoms with Gasteiger partial charge in [0.1, 0.15) is 11.3 Å². The fraction of sp³-hybridized carbons (Fsp3) is 0.227. The van der Waals surface area contributed by atoms with Crippen molar-refractivity contribution in [3.63, 3.8) is 0 Å². The first-order valence-corrected chi connectivity index (χ1v) is 10.1. The number of rotatable bonds is 7. The van der Waals surface area contributed by atoms with Gasteiger partial charge >= 0.3 is 0 Å². The second-order valence-corrected chi connectivity index (χ2v) is 7.70. The van der Waals surface area contributed by atoms with E-state index in [4.69, 9.17) is 4.74 Å². The third kappa shape index (κ3) is 5.26. The summed E-state index contributed by atoms with van der Waals surface area (Å²) in [6.45, 7) is 1.93. The van der Waals surface area contributed by atoms with Crippen LogP contribution < -0.4 is 15.1 Å². The number of amides is 1. The minimum atomic E-state index is -0.165. The number of anilines is 1. The number of methoxy groups -OCH3 is 1. The molecule has 6 nitrogen and oxygen atoms in total. The Hall–Kier alpha value is -3.06. The van der Waals surface area contributed by atoms with E-state index in [-0.39, 0.29) is 11.7 Å². The minimum Gasteiger partial charge on any atom is -0.494 e. The predicted octanol–water partition coefficient (Wildman–Crippen LogP) is 3.86. The average molecular weight is 409 g/mol. The highest BCUT2D eigenvalue weighted by molar-refractivity contribution is 8.00. The number of ether oxygens (including phenoxy) is 1. The summed E-state index contributed by atoms with van der Waals surface area (Å²) in [5.74, 6) is 0.816. The van der Waals surface area contributed by atoms with Crippen LogP contribution in [0.2, 0.25) is 0 Å². The second kappa shape index (κ2) is 9.43. The number of pyridine rings is 1. The summed E-state index contributed by atoms with van der Waals surface area (Å²) in [4.78, 5) is 19.8. The molecular formula is C22H24N4O2S. The summed E-state index contributed by atoms with van der Waals surface area (Å²) in [5, 5.41) is 5.02. The van der Waals surface area contributed by atoms with Gasteiger partial charge in [-0.25, -0.2) is 10.4 Å². The third-order valence-corrected chi connectivity index (χ3v) is 5.34. The van der Waals surface area contributed by atoms with E-state index in [9.17, 15) is 4.79 Å². The molecule has 1 aromatic heterocycles. The first-order chi connectivity index (χ1) is 14.0. The van der Waals surface area contributed by atoms with Gasteiger partial charge in [-0.2, -0.15) is 5.10 Å². The van der Waals surface area contributed by atoms with Gasteiger partial charge in [-0.15, -0.1) is 11.8 Å². The van der Waals surface area contributed by atoms with Crippen LogP contribution in [0.1, 0.15) is 11.3 Å². The third-order valence-electron chi connectivity index (χ3n) is 4.28. The van der Waals surface area contributed by atoms with Gasteiger partial charge in [0.25, 0.3) is 0 Å². The number of nitrogens with zero attached hydrogens (tertiary/aromatic N) is 3. The lowest BCUT2D eigenvalue weighted by molar-refractivity contribution is -0.118.